The summed E-state index contributed by atoms with van der Waals surface area (Å²) in [5.74, 6) is 0.147. The molecule has 2 aromatic heterocycles. The van der Waals surface area contributed by atoms with Gasteiger partial charge in [-0.2, -0.15) is 4.98 Å². The summed E-state index contributed by atoms with van der Waals surface area (Å²) < 4.78 is 5.73. The maximum atomic E-state index is 12.7. The summed E-state index contributed by atoms with van der Waals surface area (Å²) in [7, 11) is 0. The molecular formula is C21H23N5O4S. The molecule has 0 saturated heterocycles. The monoisotopic (exact) mass is 441 g/mol. The first-order valence-corrected chi connectivity index (χ1v) is 10.6. The highest BCUT2D eigenvalue weighted by Gasteiger charge is 2.22. The van der Waals surface area contributed by atoms with Crippen molar-refractivity contribution in [1.29, 1.82) is 0 Å². The van der Waals surface area contributed by atoms with Crippen molar-refractivity contribution < 1.29 is 18.8 Å². The number of nitrogens with zero attached hydrogens (tertiary/aromatic N) is 2. The first-order chi connectivity index (χ1) is 14.8. The Kier molecular flexibility index (Phi) is 6.91. The summed E-state index contributed by atoms with van der Waals surface area (Å²) in [6.07, 6.45) is 0. The van der Waals surface area contributed by atoms with Crippen LogP contribution in [0.5, 0.6) is 0 Å². The van der Waals surface area contributed by atoms with Crippen molar-refractivity contribution in [2.75, 3.05) is 11.9 Å². The van der Waals surface area contributed by atoms with Crippen LogP contribution in [-0.4, -0.2) is 39.6 Å². The van der Waals surface area contributed by atoms with E-state index in [1.54, 1.807) is 45.0 Å². The highest BCUT2D eigenvalue weighted by atomic mass is 32.2. The van der Waals surface area contributed by atoms with Crippen LogP contribution in [0.15, 0.2) is 39.9 Å². The number of fused-ring (bicyclic) bond motifs is 1. The summed E-state index contributed by atoms with van der Waals surface area (Å²) in [5.41, 5.74) is 1.61. The summed E-state index contributed by atoms with van der Waals surface area (Å²) in [6.45, 7) is 7.45. The SMILES string of the molecule is CCNC(=O)NC(=O)[C@H](C)Sc1nc(NC(=O)c2ccccc2)c2c(C)c(C)oc2n1. The average molecular weight is 442 g/mol. The number of carbonyl (C=O) groups is 3. The van der Waals surface area contributed by atoms with Gasteiger partial charge >= 0.3 is 6.03 Å². The van der Waals surface area contributed by atoms with Gasteiger partial charge < -0.3 is 15.1 Å². The van der Waals surface area contributed by atoms with Gasteiger partial charge in [0.05, 0.1) is 10.6 Å². The summed E-state index contributed by atoms with van der Waals surface area (Å²) in [6, 6.07) is 8.20. The van der Waals surface area contributed by atoms with Crippen LogP contribution in [0.3, 0.4) is 0 Å². The number of anilines is 1. The van der Waals surface area contributed by atoms with E-state index in [9.17, 15) is 14.4 Å². The molecule has 0 aliphatic rings. The third-order valence-electron chi connectivity index (χ3n) is 4.50. The Bertz CT molecular complexity index is 1130. The predicted octanol–water partition coefficient (Wildman–Crippen LogP) is 3.42. The number of hydrogen-bond acceptors (Lipinski definition) is 7. The average Bonchev–Trinajstić information content (AvgIpc) is 3.02. The number of hydrogen-bond donors (Lipinski definition) is 3. The van der Waals surface area contributed by atoms with E-state index in [2.05, 4.69) is 25.9 Å². The van der Waals surface area contributed by atoms with Crippen LogP contribution in [0, 0.1) is 13.8 Å². The minimum atomic E-state index is -0.658. The number of carbonyl (C=O) groups excluding carboxylic acids is 3. The highest BCUT2D eigenvalue weighted by Crippen LogP contribution is 2.32. The largest absolute Gasteiger partial charge is 0.443 e. The fraction of sp³-hybridized carbons (Fsp3) is 0.286. The second kappa shape index (κ2) is 9.61. The van der Waals surface area contributed by atoms with Gasteiger partial charge in [-0.15, -0.1) is 0 Å². The molecule has 0 bridgehead atoms. The molecule has 162 valence electrons. The number of nitrogens with one attached hydrogen (secondary N) is 3. The molecule has 4 amide bonds. The van der Waals surface area contributed by atoms with Gasteiger partial charge in [0.15, 0.2) is 5.16 Å². The lowest BCUT2D eigenvalue weighted by atomic mass is 10.2. The van der Waals surface area contributed by atoms with Gasteiger partial charge in [-0.05, 0) is 39.8 Å². The fourth-order valence-electron chi connectivity index (χ4n) is 2.77. The van der Waals surface area contributed by atoms with E-state index in [1.165, 1.54) is 0 Å². The van der Waals surface area contributed by atoms with Crippen molar-refractivity contribution in [3.63, 3.8) is 0 Å². The van der Waals surface area contributed by atoms with Crippen LogP contribution in [-0.2, 0) is 4.79 Å². The Morgan fingerprint density at radius 3 is 2.52 bits per heavy atom. The molecule has 0 unspecified atom stereocenters. The van der Waals surface area contributed by atoms with Crippen molar-refractivity contribution in [1.82, 2.24) is 20.6 Å². The minimum Gasteiger partial charge on any atom is -0.443 e. The van der Waals surface area contributed by atoms with Crippen molar-refractivity contribution in [3.8, 4) is 0 Å². The Labute approximate surface area is 183 Å². The van der Waals surface area contributed by atoms with E-state index < -0.39 is 17.2 Å². The van der Waals surface area contributed by atoms with Crippen molar-refractivity contribution in [3.05, 3.63) is 47.2 Å². The lowest BCUT2D eigenvalue weighted by Crippen LogP contribution is -2.42. The van der Waals surface area contributed by atoms with Gasteiger partial charge in [0.25, 0.3) is 5.91 Å². The maximum Gasteiger partial charge on any atom is 0.321 e. The summed E-state index contributed by atoms with van der Waals surface area (Å²) in [5, 5.41) is 7.76. The van der Waals surface area contributed by atoms with Crippen LogP contribution in [0.2, 0.25) is 0 Å². The number of aromatic nitrogens is 2. The zero-order chi connectivity index (χ0) is 22.5. The number of amides is 4. The van der Waals surface area contributed by atoms with Gasteiger partial charge in [-0.1, -0.05) is 30.0 Å². The van der Waals surface area contributed by atoms with Crippen LogP contribution in [0.25, 0.3) is 11.1 Å². The lowest BCUT2D eigenvalue weighted by Gasteiger charge is -2.12. The standard InChI is InChI=1S/C21H23N5O4S/c1-5-22-20(29)25-17(27)13(4)31-21-24-16(15-11(2)12(3)30-19(15)26-21)23-18(28)14-9-7-6-8-10-14/h6-10,13H,5H2,1-4H3,(H2,22,25,27,29)(H,23,24,26,28)/t13-/m0/s1. The third-order valence-corrected chi connectivity index (χ3v) is 5.46. The third kappa shape index (κ3) is 5.21. The zero-order valence-electron chi connectivity index (χ0n) is 17.6. The second-order valence-electron chi connectivity index (χ2n) is 6.75. The molecule has 2 heterocycles. The maximum absolute atomic E-state index is 12.7. The van der Waals surface area contributed by atoms with Crippen LogP contribution >= 0.6 is 11.8 Å². The van der Waals surface area contributed by atoms with Crippen LogP contribution in [0.4, 0.5) is 10.6 Å². The number of urea groups is 1. The number of aryl methyl sites for hydroxylation is 2. The molecule has 31 heavy (non-hydrogen) atoms. The van der Waals surface area contributed by atoms with E-state index >= 15 is 0 Å². The lowest BCUT2D eigenvalue weighted by molar-refractivity contribution is -0.119. The minimum absolute atomic E-state index is 0.239. The summed E-state index contributed by atoms with van der Waals surface area (Å²) in [4.78, 5) is 45.4. The number of rotatable bonds is 6. The highest BCUT2D eigenvalue weighted by molar-refractivity contribution is 8.00. The van der Waals surface area contributed by atoms with Crippen LogP contribution < -0.4 is 16.0 Å². The molecule has 3 aromatic rings. The Hall–Kier alpha value is -3.40. The molecule has 3 rings (SSSR count). The molecule has 0 aliphatic heterocycles. The van der Waals surface area contributed by atoms with Gasteiger partial charge in [-0.25, -0.2) is 9.78 Å². The van der Waals surface area contributed by atoms with Crippen molar-refractivity contribution in [2.45, 2.75) is 38.1 Å². The molecule has 0 saturated carbocycles. The Balaban J connectivity index is 1.88. The number of thioether (sulfide) groups is 1. The number of furan rings is 1. The molecule has 0 spiro atoms. The van der Waals surface area contributed by atoms with E-state index in [4.69, 9.17) is 4.42 Å². The molecule has 3 N–H and O–H groups in total. The number of imide groups is 1. The molecule has 0 radical (unpaired) electrons. The van der Waals surface area contributed by atoms with Gasteiger partial charge in [0, 0.05) is 17.7 Å². The molecule has 9 nitrogen and oxygen atoms in total. The van der Waals surface area contributed by atoms with E-state index in [-0.39, 0.29) is 11.1 Å². The smallest absolute Gasteiger partial charge is 0.321 e. The van der Waals surface area contributed by atoms with E-state index in [0.29, 0.717) is 34.8 Å². The van der Waals surface area contributed by atoms with Gasteiger partial charge in [0.2, 0.25) is 11.6 Å². The van der Waals surface area contributed by atoms with Gasteiger partial charge in [0.1, 0.15) is 11.6 Å². The molecule has 0 aliphatic carbocycles. The first kappa shape index (κ1) is 22.3. The summed E-state index contributed by atoms with van der Waals surface area (Å²) >= 11 is 1.05. The van der Waals surface area contributed by atoms with Gasteiger partial charge in [-0.3, -0.25) is 14.9 Å². The normalized spacial score (nSPS) is 11.7. The Morgan fingerprint density at radius 2 is 1.84 bits per heavy atom. The van der Waals surface area contributed by atoms with Crippen molar-refractivity contribution >= 4 is 46.5 Å². The zero-order valence-corrected chi connectivity index (χ0v) is 18.4. The quantitative estimate of drug-likeness (QED) is 0.395. The fourth-order valence-corrected chi connectivity index (χ4v) is 3.53. The topological polar surface area (TPSA) is 126 Å². The van der Waals surface area contributed by atoms with Crippen molar-refractivity contribution in [2.24, 2.45) is 0 Å². The molecule has 0 fully saturated rings. The second-order valence-corrected chi connectivity index (χ2v) is 8.06. The predicted molar refractivity (Wildman–Crippen MR) is 118 cm³/mol. The molecule has 1 atom stereocenters. The van der Waals surface area contributed by atoms with E-state index in [1.807, 2.05) is 13.0 Å². The molecule has 1 aromatic carbocycles. The first-order valence-electron chi connectivity index (χ1n) is 9.69. The number of benzene rings is 1. The Morgan fingerprint density at radius 1 is 1.13 bits per heavy atom. The van der Waals surface area contributed by atoms with E-state index in [0.717, 1.165) is 17.3 Å². The van der Waals surface area contributed by atoms with Crippen LogP contribution in [0.1, 0.15) is 35.5 Å². The molecule has 10 heteroatoms. The molecular weight excluding hydrogens is 418 g/mol.